The summed E-state index contributed by atoms with van der Waals surface area (Å²) < 4.78 is 5.02. The van der Waals surface area contributed by atoms with E-state index < -0.39 is 18.5 Å². The summed E-state index contributed by atoms with van der Waals surface area (Å²) >= 11 is 13.2. The molecule has 0 aliphatic carbocycles. The molecule has 1 amide bonds. The number of benzene rings is 2. The van der Waals surface area contributed by atoms with Crippen molar-refractivity contribution in [3.8, 4) is 10.6 Å². The van der Waals surface area contributed by atoms with Gasteiger partial charge in [0.05, 0.1) is 15.7 Å². The van der Waals surface area contributed by atoms with Crippen molar-refractivity contribution in [3.63, 3.8) is 0 Å². The number of esters is 1. The largest absolute Gasteiger partial charge is 0.451 e. The highest BCUT2D eigenvalue weighted by molar-refractivity contribution is 7.13. The Morgan fingerprint density at radius 1 is 1.15 bits per heavy atom. The van der Waals surface area contributed by atoms with Crippen LogP contribution >= 0.6 is 34.5 Å². The van der Waals surface area contributed by atoms with Gasteiger partial charge in [0.2, 0.25) is 0 Å². The monoisotopic (exact) mass is 420 g/mol. The molecule has 8 heteroatoms. The molecule has 0 radical (unpaired) electrons. The van der Waals surface area contributed by atoms with Crippen LogP contribution < -0.4 is 5.32 Å². The Labute approximate surface area is 169 Å². The number of halogens is 2. The number of carbonyl (C=O) groups excluding carboxylic acids is 2. The second-order valence-corrected chi connectivity index (χ2v) is 7.27. The predicted octanol–water partition coefficient (Wildman–Crippen LogP) is 5.22. The van der Waals surface area contributed by atoms with Crippen LogP contribution in [0.1, 0.15) is 16.1 Å². The summed E-state index contributed by atoms with van der Waals surface area (Å²) in [6, 6.07) is 12.7. The third-order valence-electron chi connectivity index (χ3n) is 3.57. The minimum Gasteiger partial charge on any atom is -0.451 e. The van der Waals surface area contributed by atoms with Crippen molar-refractivity contribution < 1.29 is 14.3 Å². The van der Waals surface area contributed by atoms with Crippen molar-refractivity contribution in [2.75, 3.05) is 11.9 Å². The van der Waals surface area contributed by atoms with Crippen molar-refractivity contribution in [1.29, 1.82) is 0 Å². The normalized spacial score (nSPS) is 10.5. The lowest BCUT2D eigenvalue weighted by atomic mass is 10.2. The van der Waals surface area contributed by atoms with Crippen LogP contribution in [0, 0.1) is 6.92 Å². The van der Waals surface area contributed by atoms with E-state index in [9.17, 15) is 9.59 Å². The number of hydrogen-bond acceptors (Lipinski definition) is 5. The first kappa shape index (κ1) is 19.4. The van der Waals surface area contributed by atoms with E-state index in [1.807, 2.05) is 31.2 Å². The van der Waals surface area contributed by atoms with Gasteiger partial charge in [-0.05, 0) is 19.1 Å². The molecule has 0 atom stereocenters. The fourth-order valence-corrected chi connectivity index (χ4v) is 3.33. The number of nitrogens with one attached hydrogen (secondary N) is 1. The zero-order valence-corrected chi connectivity index (χ0v) is 16.5. The van der Waals surface area contributed by atoms with Crippen molar-refractivity contribution in [1.82, 2.24) is 4.98 Å². The minimum absolute atomic E-state index is 0.157. The quantitative estimate of drug-likeness (QED) is 0.574. The van der Waals surface area contributed by atoms with Gasteiger partial charge in [0.15, 0.2) is 12.3 Å². The Bertz CT molecular complexity index is 987. The number of rotatable bonds is 5. The minimum atomic E-state index is -0.669. The molecule has 0 fully saturated rings. The number of carbonyl (C=O) groups is 2. The molecule has 0 unspecified atom stereocenters. The van der Waals surface area contributed by atoms with E-state index in [1.165, 1.54) is 11.3 Å². The van der Waals surface area contributed by atoms with E-state index in [4.69, 9.17) is 27.9 Å². The van der Waals surface area contributed by atoms with Gasteiger partial charge >= 0.3 is 5.97 Å². The van der Waals surface area contributed by atoms with E-state index in [0.717, 1.165) is 11.1 Å². The maximum atomic E-state index is 12.1. The summed E-state index contributed by atoms with van der Waals surface area (Å²) in [4.78, 5) is 28.4. The molecule has 27 heavy (non-hydrogen) atoms. The van der Waals surface area contributed by atoms with Crippen LogP contribution in [-0.2, 0) is 9.53 Å². The Kier molecular flexibility index (Phi) is 6.11. The lowest BCUT2D eigenvalue weighted by molar-refractivity contribution is -0.119. The highest BCUT2D eigenvalue weighted by Crippen LogP contribution is 2.29. The molecule has 0 aliphatic rings. The molecule has 5 nitrogen and oxygen atoms in total. The Morgan fingerprint density at radius 3 is 2.63 bits per heavy atom. The third kappa shape index (κ3) is 4.86. The van der Waals surface area contributed by atoms with Gasteiger partial charge < -0.3 is 10.1 Å². The summed E-state index contributed by atoms with van der Waals surface area (Å²) in [5.41, 5.74) is 2.56. The molecule has 1 aromatic heterocycles. The molecule has 3 rings (SSSR count). The molecule has 0 bridgehead atoms. The molecule has 0 saturated carbocycles. The second kappa shape index (κ2) is 8.52. The topological polar surface area (TPSA) is 68.3 Å². The first-order chi connectivity index (χ1) is 12.9. The van der Waals surface area contributed by atoms with Crippen LogP contribution in [0.3, 0.4) is 0 Å². The number of nitrogens with zero attached hydrogens (tertiary/aromatic N) is 1. The number of amides is 1. The number of aromatic nitrogens is 1. The number of hydrogen-bond donors (Lipinski definition) is 1. The van der Waals surface area contributed by atoms with Crippen molar-refractivity contribution in [2.45, 2.75) is 6.92 Å². The Balaban J connectivity index is 1.58. The van der Waals surface area contributed by atoms with Crippen molar-refractivity contribution in [2.24, 2.45) is 0 Å². The van der Waals surface area contributed by atoms with E-state index in [0.29, 0.717) is 15.7 Å². The van der Waals surface area contributed by atoms with Gasteiger partial charge in [0.25, 0.3) is 5.91 Å². The zero-order valence-electron chi connectivity index (χ0n) is 14.2. The van der Waals surface area contributed by atoms with E-state index in [1.54, 1.807) is 23.6 Å². The molecule has 1 heterocycles. The highest BCUT2D eigenvalue weighted by atomic mass is 35.5. The number of aryl methyl sites for hydroxylation is 1. The van der Waals surface area contributed by atoms with Crippen LogP contribution in [0.25, 0.3) is 10.6 Å². The average molecular weight is 421 g/mol. The van der Waals surface area contributed by atoms with E-state index in [-0.39, 0.29) is 10.7 Å². The van der Waals surface area contributed by atoms with Gasteiger partial charge in [-0.3, -0.25) is 4.79 Å². The molecule has 0 spiro atoms. The Hall–Kier alpha value is -2.41. The molecule has 1 N–H and O–H groups in total. The van der Waals surface area contributed by atoms with Crippen LogP contribution in [-0.4, -0.2) is 23.5 Å². The molecule has 2 aromatic carbocycles. The Morgan fingerprint density at radius 2 is 1.89 bits per heavy atom. The van der Waals surface area contributed by atoms with Gasteiger partial charge in [-0.1, -0.05) is 59.1 Å². The maximum Gasteiger partial charge on any atom is 0.358 e. The maximum absolute atomic E-state index is 12.1. The summed E-state index contributed by atoms with van der Waals surface area (Å²) in [6.07, 6.45) is 0. The SMILES string of the molecule is Cc1ccc(-c2nc(C(=O)OCC(=O)Nc3cccc(Cl)c3Cl)cs2)cc1. The average Bonchev–Trinajstić information content (AvgIpc) is 3.14. The van der Waals surface area contributed by atoms with Gasteiger partial charge in [0, 0.05) is 10.9 Å². The number of anilines is 1. The predicted molar refractivity (Wildman–Crippen MR) is 108 cm³/mol. The number of thiazole rings is 1. The molecule has 138 valence electrons. The standard InChI is InChI=1S/C19H14Cl2N2O3S/c1-11-5-7-12(8-6-11)18-23-15(10-27-18)19(25)26-9-16(24)22-14-4-2-3-13(20)17(14)21/h2-8,10H,9H2,1H3,(H,22,24). The van der Waals surface area contributed by atoms with Crippen LogP contribution in [0.4, 0.5) is 5.69 Å². The fraction of sp³-hybridized carbons (Fsp3) is 0.105. The van der Waals surface area contributed by atoms with Crippen LogP contribution in [0.2, 0.25) is 10.0 Å². The van der Waals surface area contributed by atoms with E-state index in [2.05, 4.69) is 10.3 Å². The number of ether oxygens (including phenoxy) is 1. The van der Waals surface area contributed by atoms with Crippen molar-refractivity contribution in [3.05, 3.63) is 69.1 Å². The third-order valence-corrected chi connectivity index (χ3v) is 5.28. The molecular formula is C19H14Cl2N2O3S. The molecule has 0 aliphatic heterocycles. The summed E-state index contributed by atoms with van der Waals surface area (Å²) in [7, 11) is 0. The summed E-state index contributed by atoms with van der Waals surface area (Å²) in [6.45, 7) is 1.54. The zero-order chi connectivity index (χ0) is 19.4. The summed E-state index contributed by atoms with van der Waals surface area (Å²) in [5.74, 6) is -1.20. The second-order valence-electron chi connectivity index (χ2n) is 5.63. The van der Waals surface area contributed by atoms with Gasteiger partial charge in [-0.15, -0.1) is 11.3 Å². The lowest BCUT2D eigenvalue weighted by Crippen LogP contribution is -2.21. The van der Waals surface area contributed by atoms with Gasteiger partial charge in [0.1, 0.15) is 5.01 Å². The first-order valence-electron chi connectivity index (χ1n) is 7.87. The van der Waals surface area contributed by atoms with Gasteiger partial charge in [-0.25, -0.2) is 9.78 Å². The highest BCUT2D eigenvalue weighted by Gasteiger charge is 2.16. The molecule has 3 aromatic rings. The lowest BCUT2D eigenvalue weighted by Gasteiger charge is -2.08. The van der Waals surface area contributed by atoms with Gasteiger partial charge in [-0.2, -0.15) is 0 Å². The van der Waals surface area contributed by atoms with Crippen LogP contribution in [0.5, 0.6) is 0 Å². The smallest absolute Gasteiger partial charge is 0.358 e. The molecule has 0 saturated heterocycles. The summed E-state index contributed by atoms with van der Waals surface area (Å²) in [5, 5.41) is 5.39. The van der Waals surface area contributed by atoms with Crippen LogP contribution in [0.15, 0.2) is 47.8 Å². The fourth-order valence-electron chi connectivity index (χ4n) is 2.19. The molecular weight excluding hydrogens is 407 g/mol. The van der Waals surface area contributed by atoms with Crippen molar-refractivity contribution >= 4 is 52.1 Å². The first-order valence-corrected chi connectivity index (χ1v) is 9.51. The van der Waals surface area contributed by atoms with E-state index >= 15 is 0 Å².